The largest absolute Gasteiger partial charge is 0.494 e. The monoisotopic (exact) mass is 586 g/mol. The zero-order chi connectivity index (χ0) is 30.2. The number of allylic oxidation sites excluding steroid dienone is 1. The van der Waals surface area contributed by atoms with Gasteiger partial charge in [0.2, 0.25) is 0 Å². The van der Waals surface area contributed by atoms with Crippen molar-refractivity contribution < 1.29 is 23.8 Å². The normalized spacial score (nSPS) is 34.0. The average molecular weight is 587 g/mol. The van der Waals surface area contributed by atoms with Gasteiger partial charge < -0.3 is 18.8 Å². The second kappa shape index (κ2) is 12.0. The minimum Gasteiger partial charge on any atom is -0.494 e. The summed E-state index contributed by atoms with van der Waals surface area (Å²) in [4.78, 5) is 28.1. The van der Waals surface area contributed by atoms with Crippen LogP contribution in [0, 0.1) is 28.6 Å². The molecule has 3 saturated carbocycles. The molecule has 1 aromatic carbocycles. The van der Waals surface area contributed by atoms with Crippen LogP contribution in [0.15, 0.2) is 60.2 Å². The average Bonchev–Trinajstić information content (AvgIpc) is 3.57. The van der Waals surface area contributed by atoms with Gasteiger partial charge in [-0.25, -0.2) is 4.98 Å². The number of benzene rings is 1. The molecule has 0 unspecified atom stereocenters. The molecule has 1 aromatic heterocycles. The minimum atomic E-state index is -0.214. The Morgan fingerprint density at radius 1 is 1.07 bits per heavy atom. The Bertz CT molecular complexity index is 1400. The Balaban J connectivity index is 1.21. The number of hydrogen-bond donors (Lipinski definition) is 0. The van der Waals surface area contributed by atoms with Crippen molar-refractivity contribution in [3.63, 3.8) is 0 Å². The zero-order valence-electron chi connectivity index (χ0n) is 26.1. The second-order valence-electron chi connectivity index (χ2n) is 13.8. The highest BCUT2D eigenvalue weighted by atomic mass is 16.5. The number of carbonyl (C=O) groups excluding carboxylic acids is 2. The summed E-state index contributed by atoms with van der Waals surface area (Å²) in [5.74, 6) is 2.06. The Kier molecular flexibility index (Phi) is 8.27. The van der Waals surface area contributed by atoms with Gasteiger partial charge in [-0.2, -0.15) is 0 Å². The van der Waals surface area contributed by atoms with Gasteiger partial charge in [0.05, 0.1) is 12.9 Å². The number of ether oxygens (including phenoxy) is 3. The van der Waals surface area contributed by atoms with Crippen LogP contribution in [0.5, 0.6) is 5.75 Å². The maximum atomic E-state index is 12.4. The van der Waals surface area contributed by atoms with Crippen molar-refractivity contribution in [2.75, 3.05) is 6.61 Å². The molecular formula is C36H46N2O5. The van der Waals surface area contributed by atoms with Crippen LogP contribution in [0.25, 0.3) is 6.08 Å². The lowest BCUT2D eigenvalue weighted by molar-refractivity contribution is -0.154. The van der Waals surface area contributed by atoms with Crippen molar-refractivity contribution in [2.45, 2.75) is 97.8 Å². The van der Waals surface area contributed by atoms with Crippen LogP contribution in [0.4, 0.5) is 0 Å². The number of fused-ring (bicyclic) bond motifs is 5. The van der Waals surface area contributed by atoms with Crippen molar-refractivity contribution >= 4 is 18.0 Å². The van der Waals surface area contributed by atoms with Gasteiger partial charge in [-0.1, -0.05) is 43.7 Å². The topological polar surface area (TPSA) is 79.7 Å². The third-order valence-electron chi connectivity index (χ3n) is 11.1. The third kappa shape index (κ3) is 5.92. The zero-order valence-corrected chi connectivity index (χ0v) is 26.1. The van der Waals surface area contributed by atoms with Gasteiger partial charge in [-0.05, 0) is 91.4 Å². The maximum absolute atomic E-state index is 12.4. The molecule has 2 aromatic rings. The summed E-state index contributed by atoms with van der Waals surface area (Å²) in [6.45, 7) is 9.38. The molecule has 0 bridgehead atoms. The third-order valence-corrected chi connectivity index (χ3v) is 11.1. The molecule has 0 aliphatic heterocycles. The first-order chi connectivity index (χ1) is 20.7. The Morgan fingerprint density at radius 2 is 1.91 bits per heavy atom. The molecule has 7 atom stereocenters. The summed E-state index contributed by atoms with van der Waals surface area (Å²) < 4.78 is 19.9. The highest BCUT2D eigenvalue weighted by Gasteiger charge is 2.61. The summed E-state index contributed by atoms with van der Waals surface area (Å²) in [5, 5.41) is 0. The number of aryl methyl sites for hydroxylation is 1. The van der Waals surface area contributed by atoms with Gasteiger partial charge in [0.15, 0.2) is 0 Å². The predicted octanol–water partition coefficient (Wildman–Crippen LogP) is 7.17. The van der Waals surface area contributed by atoms with Crippen molar-refractivity contribution in [1.82, 2.24) is 9.55 Å². The van der Waals surface area contributed by atoms with E-state index >= 15 is 0 Å². The molecule has 3 fully saturated rings. The number of rotatable bonds is 8. The van der Waals surface area contributed by atoms with Crippen LogP contribution in [-0.2, 0) is 25.6 Å². The van der Waals surface area contributed by atoms with Gasteiger partial charge in [0, 0.05) is 44.6 Å². The number of carbonyl (C=O) groups is 2. The summed E-state index contributed by atoms with van der Waals surface area (Å²) in [7, 11) is 0. The molecule has 7 nitrogen and oxygen atoms in total. The van der Waals surface area contributed by atoms with E-state index in [2.05, 4.69) is 47.7 Å². The predicted molar refractivity (Wildman–Crippen MR) is 165 cm³/mol. The number of nitrogens with zero attached hydrogens (tertiary/aromatic N) is 2. The highest BCUT2D eigenvalue weighted by molar-refractivity contribution is 5.68. The van der Waals surface area contributed by atoms with Gasteiger partial charge in [0.1, 0.15) is 18.0 Å². The van der Waals surface area contributed by atoms with Gasteiger partial charge >= 0.3 is 11.9 Å². The first-order valence-electron chi connectivity index (χ1n) is 16.1. The summed E-state index contributed by atoms with van der Waals surface area (Å²) in [6, 6.07) is 8.26. The minimum absolute atomic E-state index is 0.00743. The van der Waals surface area contributed by atoms with E-state index in [0.29, 0.717) is 24.4 Å². The van der Waals surface area contributed by atoms with Crippen LogP contribution >= 0.6 is 0 Å². The van der Waals surface area contributed by atoms with E-state index in [4.69, 9.17) is 14.2 Å². The van der Waals surface area contributed by atoms with E-state index in [1.807, 2.05) is 24.7 Å². The van der Waals surface area contributed by atoms with Crippen LogP contribution in [0.1, 0.15) is 84.6 Å². The lowest BCUT2D eigenvalue weighted by Gasteiger charge is -2.57. The van der Waals surface area contributed by atoms with Crippen LogP contribution in [0.3, 0.4) is 0 Å². The molecule has 1 heterocycles. The smallest absolute Gasteiger partial charge is 0.303 e. The molecule has 7 heteroatoms. The van der Waals surface area contributed by atoms with Crippen molar-refractivity contribution in [3.8, 4) is 5.75 Å². The molecular weight excluding hydrogens is 540 g/mol. The summed E-state index contributed by atoms with van der Waals surface area (Å²) in [6.07, 6.45) is 18.0. The Hall–Kier alpha value is -3.35. The summed E-state index contributed by atoms with van der Waals surface area (Å²) in [5.41, 5.74) is 3.85. The number of aromatic nitrogens is 2. The number of hydrogen-bond acceptors (Lipinski definition) is 6. The molecule has 0 N–H and O–H groups in total. The first-order valence-corrected chi connectivity index (χ1v) is 16.1. The van der Waals surface area contributed by atoms with Crippen molar-refractivity contribution in [1.29, 1.82) is 0 Å². The van der Waals surface area contributed by atoms with Crippen LogP contribution < -0.4 is 4.74 Å². The molecule has 230 valence electrons. The van der Waals surface area contributed by atoms with E-state index < -0.39 is 0 Å². The molecule has 4 aliphatic rings. The maximum Gasteiger partial charge on any atom is 0.303 e. The molecule has 43 heavy (non-hydrogen) atoms. The fraction of sp³-hybridized carbons (Fsp3) is 0.583. The molecule has 0 spiro atoms. The first kappa shape index (κ1) is 29.7. The molecule has 0 radical (unpaired) electrons. The fourth-order valence-electron chi connectivity index (χ4n) is 9.08. The van der Waals surface area contributed by atoms with Crippen LogP contribution in [0.2, 0.25) is 0 Å². The van der Waals surface area contributed by atoms with E-state index in [-0.39, 0.29) is 35.0 Å². The fourth-order valence-corrected chi connectivity index (χ4v) is 9.08. The number of esters is 2. The second-order valence-corrected chi connectivity index (χ2v) is 13.8. The standard InChI is InChI=1S/C36H46N2O5/c1-24(39)42-30-11-13-35(3)28(22-30)9-10-31-32(35)12-14-36(4)33(31)21-27(34(36)43-25(2)40)19-26-7-5-8-29(20-26)41-18-6-16-38-17-15-37-23-38/h5,7-9,15,17,19-20,23,30-34H,6,10-14,16,18,21-22H2,1-4H3/t30-,31+,32-,33-,34-,35-,36-/m0/s1. The highest BCUT2D eigenvalue weighted by Crippen LogP contribution is 2.66. The lowest BCUT2D eigenvalue weighted by Crippen LogP contribution is -2.51. The Morgan fingerprint density at radius 3 is 2.67 bits per heavy atom. The quantitative estimate of drug-likeness (QED) is 0.185. The number of imidazole rings is 1. The van der Waals surface area contributed by atoms with E-state index in [1.165, 1.54) is 25.0 Å². The van der Waals surface area contributed by atoms with Gasteiger partial charge in [-0.3, -0.25) is 9.59 Å². The summed E-state index contributed by atoms with van der Waals surface area (Å²) >= 11 is 0. The lowest BCUT2D eigenvalue weighted by atomic mass is 9.48. The molecule has 4 aliphatic carbocycles. The van der Waals surface area contributed by atoms with Crippen molar-refractivity contribution in [2.24, 2.45) is 28.6 Å². The molecule has 6 rings (SSSR count). The van der Waals surface area contributed by atoms with E-state index in [9.17, 15) is 9.59 Å². The molecule has 0 saturated heterocycles. The van der Waals surface area contributed by atoms with Gasteiger partial charge in [0.25, 0.3) is 0 Å². The van der Waals surface area contributed by atoms with E-state index in [0.717, 1.165) is 69.2 Å². The van der Waals surface area contributed by atoms with E-state index in [1.54, 1.807) is 6.20 Å². The van der Waals surface area contributed by atoms with Crippen molar-refractivity contribution in [3.05, 3.63) is 65.8 Å². The molecule has 0 amide bonds. The SMILES string of the molecule is CC(=O)O[C@H]1CC[C@@]2(C)C(=CC[C@H]3[C@@H]4CC(=Cc5cccc(OCCCn6ccnc6)c5)[C@H](OC(C)=O)[C@@]4(C)CC[C@@H]32)C1. The van der Waals surface area contributed by atoms with Gasteiger partial charge in [-0.15, -0.1) is 0 Å². The Labute approximate surface area is 255 Å². The van der Waals surface area contributed by atoms with Crippen LogP contribution in [-0.4, -0.2) is 40.3 Å².